The lowest BCUT2D eigenvalue weighted by Gasteiger charge is -2.12. The van der Waals surface area contributed by atoms with Gasteiger partial charge < -0.3 is 10.4 Å². The molecule has 1 heterocycles. The first-order valence-electron chi connectivity index (χ1n) is 5.86. The molecule has 3 rings (SSSR count). The minimum atomic E-state index is 0.255. The molecule has 0 aliphatic carbocycles. The van der Waals surface area contributed by atoms with Gasteiger partial charge in [-0.2, -0.15) is 0 Å². The Labute approximate surface area is 101 Å². The van der Waals surface area contributed by atoms with E-state index in [0.717, 1.165) is 6.54 Å². The van der Waals surface area contributed by atoms with Crippen molar-refractivity contribution in [2.24, 2.45) is 0 Å². The third-order valence-electron chi connectivity index (χ3n) is 3.47. The number of hydrogen-bond donors (Lipinski definition) is 2. The first-order chi connectivity index (χ1) is 8.25. The van der Waals surface area contributed by atoms with Gasteiger partial charge in [-0.15, -0.1) is 0 Å². The molecule has 2 nitrogen and oxygen atoms in total. The van der Waals surface area contributed by atoms with Crippen LogP contribution in [0.4, 0.5) is 0 Å². The lowest BCUT2D eigenvalue weighted by atomic mass is 9.96. The van der Waals surface area contributed by atoms with Gasteiger partial charge in [0.15, 0.2) is 0 Å². The number of benzene rings is 2. The molecule has 2 aromatic rings. The van der Waals surface area contributed by atoms with Crippen molar-refractivity contribution < 1.29 is 5.11 Å². The second-order valence-electron chi connectivity index (χ2n) is 4.55. The molecular weight excluding hydrogens is 210 g/mol. The van der Waals surface area contributed by atoms with Gasteiger partial charge in [-0.05, 0) is 41.3 Å². The van der Waals surface area contributed by atoms with E-state index in [1.807, 2.05) is 12.1 Å². The van der Waals surface area contributed by atoms with E-state index >= 15 is 0 Å². The third kappa shape index (κ3) is 1.71. The molecule has 1 unspecified atom stereocenters. The zero-order chi connectivity index (χ0) is 11.8. The van der Waals surface area contributed by atoms with Crippen LogP contribution >= 0.6 is 0 Å². The molecule has 0 fully saturated rings. The molecule has 0 amide bonds. The Balaban J connectivity index is 2.04. The molecule has 2 N–H and O–H groups in total. The molecule has 0 radical (unpaired) electrons. The summed E-state index contributed by atoms with van der Waals surface area (Å²) in [6.07, 6.45) is 0. The first kappa shape index (κ1) is 10.4. The summed E-state index contributed by atoms with van der Waals surface area (Å²) in [6, 6.07) is 14.1. The van der Waals surface area contributed by atoms with E-state index < -0.39 is 0 Å². The second-order valence-corrected chi connectivity index (χ2v) is 4.55. The molecule has 17 heavy (non-hydrogen) atoms. The summed E-state index contributed by atoms with van der Waals surface area (Å²) in [6.45, 7) is 3.08. The summed E-state index contributed by atoms with van der Waals surface area (Å²) in [5, 5.41) is 12.8. The topological polar surface area (TPSA) is 32.3 Å². The van der Waals surface area contributed by atoms with Crippen LogP contribution in [-0.4, -0.2) is 5.11 Å². The Bertz CT molecular complexity index is 545. The Morgan fingerprint density at radius 1 is 1.12 bits per heavy atom. The zero-order valence-corrected chi connectivity index (χ0v) is 9.77. The van der Waals surface area contributed by atoms with Gasteiger partial charge in [-0.25, -0.2) is 0 Å². The molecule has 0 spiro atoms. The molecular formula is C15H15NO. The smallest absolute Gasteiger partial charge is 0.115 e. The van der Waals surface area contributed by atoms with Crippen molar-refractivity contribution in [2.45, 2.75) is 19.5 Å². The molecule has 0 saturated carbocycles. The van der Waals surface area contributed by atoms with Crippen LogP contribution < -0.4 is 5.32 Å². The Morgan fingerprint density at radius 3 is 2.65 bits per heavy atom. The largest absolute Gasteiger partial charge is 0.508 e. The van der Waals surface area contributed by atoms with E-state index in [1.54, 1.807) is 12.1 Å². The maximum atomic E-state index is 9.32. The Hall–Kier alpha value is -1.80. The van der Waals surface area contributed by atoms with Gasteiger partial charge in [-0.1, -0.05) is 30.3 Å². The maximum absolute atomic E-state index is 9.32. The van der Waals surface area contributed by atoms with Crippen LogP contribution in [0.15, 0.2) is 42.5 Å². The van der Waals surface area contributed by atoms with Gasteiger partial charge in [-0.3, -0.25) is 0 Å². The van der Waals surface area contributed by atoms with Crippen LogP contribution in [0.2, 0.25) is 0 Å². The van der Waals surface area contributed by atoms with Gasteiger partial charge in [0.05, 0.1) is 6.04 Å². The second kappa shape index (κ2) is 3.90. The van der Waals surface area contributed by atoms with Crippen LogP contribution in [0.3, 0.4) is 0 Å². The number of phenolic OH excluding ortho intramolecular Hbond substituents is 1. The van der Waals surface area contributed by atoms with E-state index in [2.05, 4.69) is 30.4 Å². The third-order valence-corrected chi connectivity index (χ3v) is 3.47. The lowest BCUT2D eigenvalue weighted by molar-refractivity contribution is 0.475. The van der Waals surface area contributed by atoms with Gasteiger partial charge in [0.2, 0.25) is 0 Å². The molecule has 0 aromatic heterocycles. The highest BCUT2D eigenvalue weighted by molar-refractivity contribution is 5.45. The minimum absolute atomic E-state index is 0.255. The summed E-state index contributed by atoms with van der Waals surface area (Å²) in [5.74, 6) is 0.316. The van der Waals surface area contributed by atoms with Crippen molar-refractivity contribution >= 4 is 0 Å². The molecule has 0 bridgehead atoms. The number of phenols is 1. The summed E-state index contributed by atoms with van der Waals surface area (Å²) in [7, 11) is 0. The van der Waals surface area contributed by atoms with E-state index in [-0.39, 0.29) is 6.04 Å². The average Bonchev–Trinajstić information content (AvgIpc) is 2.75. The predicted octanol–water partition coefficient (Wildman–Crippen LogP) is 2.89. The highest BCUT2D eigenvalue weighted by atomic mass is 16.3. The summed E-state index contributed by atoms with van der Waals surface area (Å²) in [5.41, 5.74) is 5.31. The summed E-state index contributed by atoms with van der Waals surface area (Å²) < 4.78 is 0. The fraction of sp³-hybridized carbons (Fsp3) is 0.200. The van der Waals surface area contributed by atoms with E-state index in [0.29, 0.717) is 5.75 Å². The molecule has 1 aliphatic heterocycles. The number of aromatic hydroxyl groups is 1. The van der Waals surface area contributed by atoms with Crippen molar-refractivity contribution in [3.8, 4) is 5.75 Å². The van der Waals surface area contributed by atoms with E-state index in [9.17, 15) is 5.11 Å². The van der Waals surface area contributed by atoms with Crippen LogP contribution in [0, 0.1) is 6.92 Å². The maximum Gasteiger partial charge on any atom is 0.115 e. The van der Waals surface area contributed by atoms with Crippen LogP contribution in [-0.2, 0) is 6.54 Å². The molecule has 1 aliphatic rings. The molecule has 0 saturated heterocycles. The quantitative estimate of drug-likeness (QED) is 0.782. The molecule has 86 valence electrons. The van der Waals surface area contributed by atoms with Crippen LogP contribution in [0.5, 0.6) is 5.75 Å². The van der Waals surface area contributed by atoms with Gasteiger partial charge in [0.1, 0.15) is 5.75 Å². The van der Waals surface area contributed by atoms with Crippen molar-refractivity contribution in [2.75, 3.05) is 0 Å². The predicted molar refractivity (Wildman–Crippen MR) is 68.0 cm³/mol. The van der Waals surface area contributed by atoms with Crippen LogP contribution in [0.1, 0.15) is 28.3 Å². The molecule has 2 aromatic carbocycles. The standard InChI is InChI=1S/C15H15NO/c1-10-3-2-4-13-14(10)9-16-15(13)11-5-7-12(17)8-6-11/h2-8,15-17H,9H2,1H3. The van der Waals surface area contributed by atoms with Gasteiger partial charge in [0.25, 0.3) is 0 Å². The van der Waals surface area contributed by atoms with Gasteiger partial charge >= 0.3 is 0 Å². The van der Waals surface area contributed by atoms with Crippen molar-refractivity contribution in [1.82, 2.24) is 5.32 Å². The highest BCUT2D eigenvalue weighted by Gasteiger charge is 2.23. The SMILES string of the molecule is Cc1cccc2c1CNC2c1ccc(O)cc1. The van der Waals surface area contributed by atoms with Crippen molar-refractivity contribution in [3.05, 3.63) is 64.7 Å². The number of fused-ring (bicyclic) bond motifs is 1. The highest BCUT2D eigenvalue weighted by Crippen LogP contribution is 2.32. The fourth-order valence-corrected chi connectivity index (χ4v) is 2.52. The van der Waals surface area contributed by atoms with Crippen molar-refractivity contribution in [1.29, 1.82) is 0 Å². The first-order valence-corrected chi connectivity index (χ1v) is 5.86. The average molecular weight is 225 g/mol. The van der Waals surface area contributed by atoms with Crippen LogP contribution in [0.25, 0.3) is 0 Å². The van der Waals surface area contributed by atoms with E-state index in [1.165, 1.54) is 22.3 Å². The Morgan fingerprint density at radius 2 is 1.88 bits per heavy atom. The number of rotatable bonds is 1. The molecule has 2 heteroatoms. The summed E-state index contributed by atoms with van der Waals surface area (Å²) in [4.78, 5) is 0. The Kier molecular flexibility index (Phi) is 2.37. The monoisotopic (exact) mass is 225 g/mol. The number of nitrogens with one attached hydrogen (secondary N) is 1. The van der Waals surface area contributed by atoms with Crippen molar-refractivity contribution in [3.63, 3.8) is 0 Å². The fourth-order valence-electron chi connectivity index (χ4n) is 2.52. The molecule has 1 atom stereocenters. The summed E-state index contributed by atoms with van der Waals surface area (Å²) >= 11 is 0. The number of hydrogen-bond acceptors (Lipinski definition) is 2. The van der Waals surface area contributed by atoms with E-state index in [4.69, 9.17) is 0 Å². The lowest BCUT2D eigenvalue weighted by Crippen LogP contribution is -2.12. The normalized spacial score (nSPS) is 18.1. The zero-order valence-electron chi connectivity index (χ0n) is 9.77. The minimum Gasteiger partial charge on any atom is -0.508 e. The van der Waals surface area contributed by atoms with Gasteiger partial charge in [0, 0.05) is 6.54 Å². The number of aryl methyl sites for hydroxylation is 1.